The third kappa shape index (κ3) is 7.20. The van der Waals surface area contributed by atoms with Gasteiger partial charge in [0.25, 0.3) is 0 Å². The van der Waals surface area contributed by atoms with Gasteiger partial charge in [-0.25, -0.2) is 0 Å². The molecule has 0 aliphatic carbocycles. The normalized spacial score (nSPS) is 11.9. The van der Waals surface area contributed by atoms with Gasteiger partial charge in [-0.15, -0.1) is 0 Å². The summed E-state index contributed by atoms with van der Waals surface area (Å²) in [7, 11) is 1.22. The van der Waals surface area contributed by atoms with Crippen molar-refractivity contribution in [2.75, 3.05) is 27.8 Å². The minimum atomic E-state index is -1.99. The minimum Gasteiger partial charge on any atom is -0.543 e. The van der Waals surface area contributed by atoms with E-state index in [0.717, 1.165) is 11.3 Å². The molecule has 1 aromatic rings. The Labute approximate surface area is 165 Å². The Balaban J connectivity index is 3.38. The highest BCUT2D eigenvalue weighted by Gasteiger charge is 2.39. The molecule has 0 aromatic heterocycles. The number of allylic oxidation sites excluding steroid dienone is 2. The Morgan fingerprint density at radius 2 is 1.44 bits per heavy atom. The fraction of sp³-hybridized carbons (Fsp3) is 0.619. The quantitative estimate of drug-likeness (QED) is 0.295. The van der Waals surface area contributed by atoms with Crippen molar-refractivity contribution >= 4 is 8.32 Å². The molecule has 0 N–H and O–H groups in total. The second-order valence-electron chi connectivity index (χ2n) is 8.35. The topological polar surface area (TPSA) is 46.2 Å². The van der Waals surface area contributed by atoms with Crippen LogP contribution < -0.4 is 13.9 Å². The van der Waals surface area contributed by atoms with Gasteiger partial charge in [0.2, 0.25) is 8.32 Å². The summed E-state index contributed by atoms with van der Waals surface area (Å²) in [4.78, 5) is 0. The SMILES string of the molecule is COCOc1cc(O[Si](C)(C)C(C)(C)C)cc(OCOC)c1CC=C(C)C. The largest absolute Gasteiger partial charge is 0.543 e. The van der Waals surface area contributed by atoms with Crippen molar-refractivity contribution in [3.05, 3.63) is 29.3 Å². The molecule has 154 valence electrons. The Hall–Kier alpha value is -1.50. The fourth-order valence-corrected chi connectivity index (χ4v) is 3.13. The standard InChI is InChI=1S/C21H36O5Si/c1-16(2)10-11-18-19(24-14-22-6)12-17(13-20(18)25-15-23-7)26-27(8,9)21(3,4)5/h10,12-13H,11,14-15H2,1-9H3. The van der Waals surface area contributed by atoms with Crippen LogP contribution in [0.5, 0.6) is 17.2 Å². The molecule has 0 heterocycles. The van der Waals surface area contributed by atoms with E-state index < -0.39 is 8.32 Å². The van der Waals surface area contributed by atoms with Crippen LogP contribution in [0.25, 0.3) is 0 Å². The summed E-state index contributed by atoms with van der Waals surface area (Å²) in [5.41, 5.74) is 2.18. The van der Waals surface area contributed by atoms with Crippen LogP contribution in [0, 0.1) is 0 Å². The summed E-state index contributed by atoms with van der Waals surface area (Å²) in [5, 5.41) is 0.0921. The number of hydrogen-bond donors (Lipinski definition) is 0. The maximum atomic E-state index is 6.47. The van der Waals surface area contributed by atoms with Crippen LogP contribution in [0.3, 0.4) is 0 Å². The predicted molar refractivity (Wildman–Crippen MR) is 112 cm³/mol. The number of ether oxygens (including phenoxy) is 4. The molecule has 0 bridgehead atoms. The van der Waals surface area contributed by atoms with E-state index in [4.69, 9.17) is 23.4 Å². The smallest absolute Gasteiger partial charge is 0.250 e. The van der Waals surface area contributed by atoms with Gasteiger partial charge in [-0.1, -0.05) is 32.4 Å². The molecule has 6 heteroatoms. The van der Waals surface area contributed by atoms with Crippen LogP contribution >= 0.6 is 0 Å². The summed E-state index contributed by atoms with van der Waals surface area (Å²) in [6.45, 7) is 15.5. The van der Waals surface area contributed by atoms with E-state index >= 15 is 0 Å². The molecule has 5 nitrogen and oxygen atoms in total. The maximum Gasteiger partial charge on any atom is 0.250 e. The van der Waals surface area contributed by atoms with E-state index in [-0.39, 0.29) is 18.6 Å². The van der Waals surface area contributed by atoms with E-state index in [2.05, 4.69) is 53.8 Å². The van der Waals surface area contributed by atoms with Crippen LogP contribution in [-0.2, 0) is 15.9 Å². The van der Waals surface area contributed by atoms with Crippen molar-refractivity contribution in [2.45, 2.75) is 59.2 Å². The van der Waals surface area contributed by atoms with Gasteiger partial charge >= 0.3 is 0 Å². The van der Waals surface area contributed by atoms with Gasteiger partial charge < -0.3 is 23.4 Å². The first-order valence-electron chi connectivity index (χ1n) is 9.24. The van der Waals surface area contributed by atoms with E-state index in [1.807, 2.05) is 12.1 Å². The molecule has 0 aliphatic rings. The molecule has 0 unspecified atom stereocenters. The van der Waals surface area contributed by atoms with E-state index in [0.29, 0.717) is 17.9 Å². The molecule has 0 saturated heterocycles. The average Bonchev–Trinajstić information content (AvgIpc) is 2.55. The number of rotatable bonds is 10. The fourth-order valence-electron chi connectivity index (χ4n) is 2.11. The van der Waals surface area contributed by atoms with Crippen LogP contribution in [0.1, 0.15) is 40.2 Å². The Bertz CT molecular complexity index is 599. The lowest BCUT2D eigenvalue weighted by Gasteiger charge is -2.36. The third-order valence-corrected chi connectivity index (χ3v) is 9.06. The molecular weight excluding hydrogens is 360 g/mol. The summed E-state index contributed by atoms with van der Waals surface area (Å²) in [5.74, 6) is 2.16. The van der Waals surface area contributed by atoms with Gasteiger partial charge in [-0.05, 0) is 38.4 Å². The zero-order valence-electron chi connectivity index (χ0n) is 18.4. The van der Waals surface area contributed by atoms with Gasteiger partial charge in [-0.3, -0.25) is 0 Å². The lowest BCUT2D eigenvalue weighted by Crippen LogP contribution is -2.43. The van der Waals surface area contributed by atoms with Crippen molar-refractivity contribution in [1.82, 2.24) is 0 Å². The zero-order chi connectivity index (χ0) is 20.7. The van der Waals surface area contributed by atoms with Gasteiger partial charge in [0.15, 0.2) is 13.6 Å². The molecule has 0 amide bonds. The van der Waals surface area contributed by atoms with Crippen molar-refractivity contribution in [1.29, 1.82) is 0 Å². The Kier molecular flexibility index (Phi) is 8.85. The summed E-state index contributed by atoms with van der Waals surface area (Å²) in [6.07, 6.45) is 2.84. The van der Waals surface area contributed by atoms with Crippen LogP contribution in [0.2, 0.25) is 18.1 Å². The van der Waals surface area contributed by atoms with Gasteiger partial charge in [0.05, 0.1) is 0 Å². The van der Waals surface area contributed by atoms with Gasteiger partial charge in [-0.2, -0.15) is 0 Å². The Morgan fingerprint density at radius 3 is 1.81 bits per heavy atom. The van der Waals surface area contributed by atoms with Crippen LogP contribution in [-0.4, -0.2) is 36.1 Å². The lowest BCUT2D eigenvalue weighted by atomic mass is 10.1. The van der Waals surface area contributed by atoms with Gasteiger partial charge in [0.1, 0.15) is 17.2 Å². The molecule has 1 aromatic carbocycles. The zero-order valence-corrected chi connectivity index (χ0v) is 19.4. The monoisotopic (exact) mass is 396 g/mol. The molecule has 1 rings (SSSR count). The maximum absolute atomic E-state index is 6.47. The highest BCUT2D eigenvalue weighted by atomic mass is 28.4. The van der Waals surface area contributed by atoms with E-state index in [1.165, 1.54) is 5.57 Å². The average molecular weight is 397 g/mol. The predicted octanol–water partition coefficient (Wildman–Crippen LogP) is 5.54. The molecule has 0 saturated carbocycles. The van der Waals surface area contributed by atoms with E-state index in [9.17, 15) is 0 Å². The minimum absolute atomic E-state index is 0.0921. The van der Waals surface area contributed by atoms with E-state index in [1.54, 1.807) is 14.2 Å². The molecule has 27 heavy (non-hydrogen) atoms. The summed E-state index contributed by atoms with van der Waals surface area (Å²) in [6, 6.07) is 3.88. The number of hydrogen-bond acceptors (Lipinski definition) is 5. The first-order chi connectivity index (χ1) is 12.5. The molecule has 0 aliphatic heterocycles. The number of benzene rings is 1. The summed E-state index contributed by atoms with van der Waals surface area (Å²) >= 11 is 0. The highest BCUT2D eigenvalue weighted by Crippen LogP contribution is 2.41. The van der Waals surface area contributed by atoms with Crippen molar-refractivity contribution in [3.8, 4) is 17.2 Å². The van der Waals surface area contributed by atoms with Gasteiger partial charge in [0, 0.05) is 31.9 Å². The first kappa shape index (κ1) is 23.5. The number of methoxy groups -OCH3 is 2. The Morgan fingerprint density at radius 1 is 0.963 bits per heavy atom. The molecule has 0 radical (unpaired) electrons. The lowest BCUT2D eigenvalue weighted by molar-refractivity contribution is 0.0446. The third-order valence-electron chi connectivity index (χ3n) is 4.70. The molecular formula is C21H36O5Si. The van der Waals surface area contributed by atoms with Crippen molar-refractivity contribution in [3.63, 3.8) is 0 Å². The highest BCUT2D eigenvalue weighted by molar-refractivity contribution is 6.74. The van der Waals surface area contributed by atoms with Crippen molar-refractivity contribution < 1.29 is 23.4 Å². The molecule has 0 spiro atoms. The first-order valence-corrected chi connectivity index (χ1v) is 12.2. The molecule has 0 fully saturated rings. The van der Waals surface area contributed by atoms with Crippen molar-refractivity contribution in [2.24, 2.45) is 0 Å². The summed E-state index contributed by atoms with van der Waals surface area (Å²) < 4.78 is 28.4. The second-order valence-corrected chi connectivity index (χ2v) is 13.1. The van der Waals surface area contributed by atoms with Crippen LogP contribution in [0.15, 0.2) is 23.8 Å². The van der Waals surface area contributed by atoms with Crippen LogP contribution in [0.4, 0.5) is 0 Å². The molecule has 0 atom stereocenters. The second kappa shape index (κ2) is 10.2.